The normalized spacial score (nSPS) is 18.5. The number of aromatic nitrogens is 1. The molecule has 3 rings (SSSR count). The number of ether oxygens (including phenoxy) is 1. The van der Waals surface area contributed by atoms with E-state index in [0.717, 1.165) is 0 Å². The standard InChI is InChI=1S/C18H14N2O4/c1-24-14-6-3-2-5-13(14)16(21)18(9-4-10-20-18)15-8-7-12(11-19-15)17(22)23/h2-11H,1H3,(H,22,23). The molecule has 1 aromatic carbocycles. The van der Waals surface area contributed by atoms with Crippen LogP contribution >= 0.6 is 0 Å². The first kappa shape index (κ1) is 15.6. The van der Waals surface area contributed by atoms with Crippen molar-refractivity contribution in [3.8, 4) is 5.75 Å². The number of aliphatic imine (C=N–C) groups is 1. The third-order valence-corrected chi connectivity index (χ3v) is 3.80. The zero-order valence-corrected chi connectivity index (χ0v) is 12.8. The van der Waals surface area contributed by atoms with Crippen LogP contribution in [0.25, 0.3) is 0 Å². The number of nitrogens with zero attached hydrogens (tertiary/aromatic N) is 2. The van der Waals surface area contributed by atoms with Crippen LogP contribution in [-0.2, 0) is 5.54 Å². The minimum absolute atomic E-state index is 0.0459. The highest BCUT2D eigenvalue weighted by atomic mass is 16.5. The van der Waals surface area contributed by atoms with E-state index in [9.17, 15) is 9.59 Å². The van der Waals surface area contributed by atoms with Gasteiger partial charge in [0, 0.05) is 12.4 Å². The van der Waals surface area contributed by atoms with Gasteiger partial charge in [-0.3, -0.25) is 14.8 Å². The van der Waals surface area contributed by atoms with Crippen LogP contribution in [0.1, 0.15) is 26.4 Å². The second kappa shape index (κ2) is 6.08. The lowest BCUT2D eigenvalue weighted by atomic mass is 9.86. The second-order valence-corrected chi connectivity index (χ2v) is 5.17. The Morgan fingerprint density at radius 3 is 2.54 bits per heavy atom. The van der Waals surface area contributed by atoms with E-state index in [1.54, 1.807) is 36.4 Å². The fraction of sp³-hybridized carbons (Fsp3) is 0.111. The number of methoxy groups -OCH3 is 1. The number of carbonyl (C=O) groups excluding carboxylic acids is 1. The predicted octanol–water partition coefficient (Wildman–Crippen LogP) is 2.51. The van der Waals surface area contributed by atoms with Crippen LogP contribution in [0.2, 0.25) is 0 Å². The summed E-state index contributed by atoms with van der Waals surface area (Å²) in [4.78, 5) is 32.6. The van der Waals surface area contributed by atoms with Crippen molar-refractivity contribution in [1.82, 2.24) is 4.98 Å². The summed E-state index contributed by atoms with van der Waals surface area (Å²) in [5.41, 5.74) is -0.531. The van der Waals surface area contributed by atoms with Crippen LogP contribution in [-0.4, -0.2) is 35.2 Å². The van der Waals surface area contributed by atoms with E-state index in [1.807, 2.05) is 0 Å². The van der Waals surface area contributed by atoms with Crippen LogP contribution in [0, 0.1) is 0 Å². The van der Waals surface area contributed by atoms with Crippen LogP contribution in [0.3, 0.4) is 0 Å². The van der Waals surface area contributed by atoms with Gasteiger partial charge in [0.25, 0.3) is 0 Å². The number of hydrogen-bond acceptors (Lipinski definition) is 5. The lowest BCUT2D eigenvalue weighted by Crippen LogP contribution is -2.32. The summed E-state index contributed by atoms with van der Waals surface area (Å²) >= 11 is 0. The quantitative estimate of drug-likeness (QED) is 0.854. The maximum atomic E-state index is 13.2. The molecular weight excluding hydrogens is 308 g/mol. The molecule has 120 valence electrons. The number of benzene rings is 1. The highest BCUT2D eigenvalue weighted by Crippen LogP contribution is 2.35. The molecule has 6 heteroatoms. The van der Waals surface area contributed by atoms with Gasteiger partial charge in [0.1, 0.15) is 5.75 Å². The predicted molar refractivity (Wildman–Crippen MR) is 87.8 cm³/mol. The number of carbonyl (C=O) groups is 2. The topological polar surface area (TPSA) is 88.9 Å². The Bertz CT molecular complexity index is 842. The number of pyridine rings is 1. The number of carboxylic acids is 1. The number of ketones is 1. The van der Waals surface area contributed by atoms with Gasteiger partial charge in [0.2, 0.25) is 5.78 Å². The van der Waals surface area contributed by atoms with Gasteiger partial charge in [0.15, 0.2) is 5.54 Å². The molecule has 0 bridgehead atoms. The van der Waals surface area contributed by atoms with Crippen molar-refractivity contribution in [3.05, 3.63) is 71.6 Å². The van der Waals surface area contributed by atoms with Crippen molar-refractivity contribution >= 4 is 18.0 Å². The molecule has 0 fully saturated rings. The zero-order chi connectivity index (χ0) is 17.2. The highest BCUT2D eigenvalue weighted by molar-refractivity contribution is 6.09. The summed E-state index contributed by atoms with van der Waals surface area (Å²) in [5, 5.41) is 8.99. The maximum absolute atomic E-state index is 13.2. The summed E-state index contributed by atoms with van der Waals surface area (Å²) < 4.78 is 5.26. The molecule has 0 spiro atoms. The number of carboxylic acid groups (broad SMARTS) is 1. The number of Topliss-reactive ketones (excluding diaryl/α,β-unsaturated/α-hetero) is 1. The minimum Gasteiger partial charge on any atom is -0.496 e. The van der Waals surface area contributed by atoms with Crippen molar-refractivity contribution in [2.45, 2.75) is 5.54 Å². The van der Waals surface area contributed by atoms with Crippen molar-refractivity contribution in [2.75, 3.05) is 7.11 Å². The smallest absolute Gasteiger partial charge is 0.337 e. The molecule has 1 aromatic heterocycles. The largest absolute Gasteiger partial charge is 0.496 e. The molecule has 1 unspecified atom stereocenters. The van der Waals surface area contributed by atoms with Crippen molar-refractivity contribution in [2.24, 2.45) is 4.99 Å². The molecule has 0 aliphatic carbocycles. The van der Waals surface area contributed by atoms with E-state index >= 15 is 0 Å². The summed E-state index contributed by atoms with van der Waals surface area (Å²) in [6.07, 6.45) is 6.06. The third-order valence-electron chi connectivity index (χ3n) is 3.80. The molecular formula is C18H14N2O4. The van der Waals surface area contributed by atoms with E-state index < -0.39 is 11.5 Å². The van der Waals surface area contributed by atoms with Gasteiger partial charge >= 0.3 is 5.97 Å². The number of allylic oxidation sites excluding steroid dienone is 1. The van der Waals surface area contributed by atoms with Crippen molar-refractivity contribution in [3.63, 3.8) is 0 Å². The Hall–Kier alpha value is -3.28. The zero-order valence-electron chi connectivity index (χ0n) is 12.8. The number of rotatable bonds is 5. The molecule has 0 saturated carbocycles. The first-order chi connectivity index (χ1) is 11.6. The van der Waals surface area contributed by atoms with Gasteiger partial charge in [-0.2, -0.15) is 0 Å². The lowest BCUT2D eigenvalue weighted by Gasteiger charge is -2.23. The average molecular weight is 322 g/mol. The molecule has 1 N–H and O–H groups in total. The van der Waals surface area contributed by atoms with E-state index in [1.165, 1.54) is 31.7 Å². The SMILES string of the molecule is COc1ccccc1C(=O)C1(c2ccc(C(=O)O)cn2)C=CC=N1. The number of aromatic carboxylic acids is 1. The molecule has 1 aliphatic rings. The molecule has 2 aromatic rings. The molecule has 1 atom stereocenters. The van der Waals surface area contributed by atoms with Crippen LogP contribution in [0.4, 0.5) is 0 Å². The van der Waals surface area contributed by atoms with E-state index in [2.05, 4.69) is 9.98 Å². The molecule has 2 heterocycles. The Morgan fingerprint density at radius 2 is 1.96 bits per heavy atom. The van der Waals surface area contributed by atoms with Gasteiger partial charge in [-0.05, 0) is 36.4 Å². The monoisotopic (exact) mass is 322 g/mol. The Balaban J connectivity index is 2.09. The first-order valence-corrected chi connectivity index (χ1v) is 7.19. The van der Waals surface area contributed by atoms with Gasteiger partial charge in [-0.25, -0.2) is 4.79 Å². The van der Waals surface area contributed by atoms with E-state index in [0.29, 0.717) is 17.0 Å². The van der Waals surface area contributed by atoms with Gasteiger partial charge in [-0.15, -0.1) is 0 Å². The summed E-state index contributed by atoms with van der Waals surface area (Å²) in [6, 6.07) is 9.79. The summed E-state index contributed by atoms with van der Waals surface area (Å²) in [6.45, 7) is 0. The number of hydrogen-bond donors (Lipinski definition) is 1. The third kappa shape index (κ3) is 2.48. The molecule has 1 aliphatic heterocycles. The maximum Gasteiger partial charge on any atom is 0.337 e. The highest BCUT2D eigenvalue weighted by Gasteiger charge is 2.41. The van der Waals surface area contributed by atoms with Gasteiger partial charge in [0.05, 0.1) is 23.9 Å². The Labute approximate surface area is 138 Å². The van der Waals surface area contributed by atoms with E-state index in [-0.39, 0.29) is 11.3 Å². The fourth-order valence-electron chi connectivity index (χ4n) is 2.57. The van der Waals surface area contributed by atoms with Crippen LogP contribution in [0.5, 0.6) is 5.75 Å². The lowest BCUT2D eigenvalue weighted by molar-refractivity contribution is 0.0696. The number of para-hydroxylation sites is 1. The van der Waals surface area contributed by atoms with E-state index in [4.69, 9.17) is 9.84 Å². The Morgan fingerprint density at radius 1 is 1.17 bits per heavy atom. The summed E-state index contributed by atoms with van der Waals surface area (Å²) in [7, 11) is 1.49. The molecule has 24 heavy (non-hydrogen) atoms. The van der Waals surface area contributed by atoms with Crippen LogP contribution < -0.4 is 4.74 Å². The Kier molecular flexibility index (Phi) is 3.95. The van der Waals surface area contributed by atoms with Crippen molar-refractivity contribution < 1.29 is 19.4 Å². The second-order valence-electron chi connectivity index (χ2n) is 5.17. The first-order valence-electron chi connectivity index (χ1n) is 7.19. The fourth-order valence-corrected chi connectivity index (χ4v) is 2.57. The summed E-state index contributed by atoms with van der Waals surface area (Å²) in [5.74, 6) is -0.926. The molecule has 6 nitrogen and oxygen atoms in total. The minimum atomic E-state index is -1.31. The van der Waals surface area contributed by atoms with Gasteiger partial charge < -0.3 is 9.84 Å². The molecule has 0 saturated heterocycles. The molecule has 0 amide bonds. The van der Waals surface area contributed by atoms with Gasteiger partial charge in [-0.1, -0.05) is 12.1 Å². The average Bonchev–Trinajstić information content (AvgIpc) is 3.12. The van der Waals surface area contributed by atoms with Crippen molar-refractivity contribution in [1.29, 1.82) is 0 Å². The van der Waals surface area contributed by atoms with Crippen LogP contribution in [0.15, 0.2) is 59.7 Å². The molecule has 0 radical (unpaired) electrons.